The summed E-state index contributed by atoms with van der Waals surface area (Å²) in [7, 11) is 0. The Balaban J connectivity index is 1.86. The third-order valence-corrected chi connectivity index (χ3v) is 5.33. The summed E-state index contributed by atoms with van der Waals surface area (Å²) in [5.41, 5.74) is 0.470. The van der Waals surface area contributed by atoms with Gasteiger partial charge in [-0.3, -0.25) is 14.2 Å². The molecule has 1 N–H and O–H groups in total. The van der Waals surface area contributed by atoms with Crippen LogP contribution in [0.25, 0.3) is 0 Å². The van der Waals surface area contributed by atoms with E-state index < -0.39 is 5.91 Å². The van der Waals surface area contributed by atoms with Crippen molar-refractivity contribution in [2.24, 2.45) is 0 Å². The van der Waals surface area contributed by atoms with Crippen LogP contribution in [0.3, 0.4) is 0 Å². The minimum atomic E-state index is -0.429. The molecule has 118 valence electrons. The van der Waals surface area contributed by atoms with Crippen molar-refractivity contribution in [2.45, 2.75) is 16.6 Å². The number of nitrogens with one attached hydrogen (secondary N) is 1. The van der Waals surface area contributed by atoms with E-state index >= 15 is 0 Å². The van der Waals surface area contributed by atoms with Crippen molar-refractivity contribution in [1.82, 2.24) is 9.55 Å². The molecule has 1 aromatic carbocycles. The van der Waals surface area contributed by atoms with Crippen molar-refractivity contribution in [3.8, 4) is 0 Å². The lowest BCUT2D eigenvalue weighted by Gasteiger charge is -2.10. The molecule has 0 unspecified atom stereocenters. The number of rotatable bonds is 5. The van der Waals surface area contributed by atoms with E-state index in [0.717, 1.165) is 16.4 Å². The number of hydrogen-bond donors (Lipinski definition) is 1. The van der Waals surface area contributed by atoms with Gasteiger partial charge in [0.1, 0.15) is 5.56 Å². The standard InChI is InChI=1S/C16H15N3O2S2/c1-2-8-22-13-6-4-3-5-12(13)18-14(20)11-10-17-16-19(15(11)21)7-9-23-16/h2-6,10H,1,7-9H2,(H,18,20). The van der Waals surface area contributed by atoms with E-state index in [-0.39, 0.29) is 11.1 Å². The predicted octanol–water partition coefficient (Wildman–Crippen LogP) is 2.88. The third kappa shape index (κ3) is 3.35. The van der Waals surface area contributed by atoms with Gasteiger partial charge >= 0.3 is 0 Å². The minimum absolute atomic E-state index is 0.0692. The first-order valence-electron chi connectivity index (χ1n) is 7.07. The zero-order valence-electron chi connectivity index (χ0n) is 12.3. The van der Waals surface area contributed by atoms with E-state index in [2.05, 4.69) is 16.9 Å². The fourth-order valence-electron chi connectivity index (χ4n) is 2.21. The predicted molar refractivity (Wildman–Crippen MR) is 94.5 cm³/mol. The van der Waals surface area contributed by atoms with Crippen LogP contribution >= 0.6 is 23.5 Å². The molecule has 1 aliphatic heterocycles. The number of carbonyl (C=O) groups excluding carboxylic acids is 1. The van der Waals surface area contributed by atoms with Crippen LogP contribution in [-0.4, -0.2) is 27.0 Å². The van der Waals surface area contributed by atoms with Crippen LogP contribution in [0.4, 0.5) is 5.69 Å². The normalized spacial score (nSPS) is 12.7. The molecular formula is C16H15N3O2S2. The molecule has 1 aliphatic rings. The van der Waals surface area contributed by atoms with Gasteiger partial charge in [0, 0.05) is 29.1 Å². The molecule has 0 saturated heterocycles. The number of hydrogen-bond acceptors (Lipinski definition) is 5. The zero-order valence-corrected chi connectivity index (χ0v) is 14.0. The zero-order chi connectivity index (χ0) is 16.2. The lowest BCUT2D eigenvalue weighted by molar-refractivity contribution is 0.102. The molecule has 0 saturated carbocycles. The van der Waals surface area contributed by atoms with Crippen LogP contribution in [0.5, 0.6) is 0 Å². The van der Waals surface area contributed by atoms with Gasteiger partial charge in [-0.15, -0.1) is 18.3 Å². The number of nitrogens with zero attached hydrogens (tertiary/aromatic N) is 2. The fraction of sp³-hybridized carbons (Fsp3) is 0.188. The lowest BCUT2D eigenvalue weighted by Crippen LogP contribution is -2.29. The van der Waals surface area contributed by atoms with Crippen LogP contribution in [0.15, 0.2) is 58.0 Å². The molecule has 23 heavy (non-hydrogen) atoms. The molecule has 7 heteroatoms. The van der Waals surface area contributed by atoms with E-state index in [0.29, 0.717) is 17.4 Å². The van der Waals surface area contributed by atoms with E-state index in [9.17, 15) is 9.59 Å². The SMILES string of the molecule is C=CCSc1ccccc1NC(=O)c1cnc2n(c1=O)CCS2. The van der Waals surface area contributed by atoms with Gasteiger partial charge in [-0.05, 0) is 12.1 Å². The average molecular weight is 345 g/mol. The smallest absolute Gasteiger partial charge is 0.267 e. The highest BCUT2D eigenvalue weighted by Gasteiger charge is 2.20. The number of benzene rings is 1. The first-order valence-corrected chi connectivity index (χ1v) is 9.04. The monoisotopic (exact) mass is 345 g/mol. The van der Waals surface area contributed by atoms with Crippen molar-refractivity contribution in [3.05, 3.63) is 59.0 Å². The number of fused-ring (bicyclic) bond motifs is 1. The molecule has 0 spiro atoms. The maximum atomic E-state index is 12.5. The summed E-state index contributed by atoms with van der Waals surface area (Å²) in [4.78, 5) is 30.0. The second kappa shape index (κ2) is 7.06. The lowest BCUT2D eigenvalue weighted by atomic mass is 10.2. The summed E-state index contributed by atoms with van der Waals surface area (Å²) >= 11 is 3.10. The van der Waals surface area contributed by atoms with Crippen LogP contribution in [-0.2, 0) is 6.54 Å². The van der Waals surface area contributed by atoms with E-state index in [1.165, 1.54) is 18.0 Å². The van der Waals surface area contributed by atoms with Crippen LogP contribution < -0.4 is 10.9 Å². The van der Waals surface area contributed by atoms with Crippen LogP contribution in [0.2, 0.25) is 0 Å². The molecular weight excluding hydrogens is 330 g/mol. The number of anilines is 1. The largest absolute Gasteiger partial charge is 0.321 e. The third-order valence-electron chi connectivity index (χ3n) is 3.29. The van der Waals surface area contributed by atoms with Gasteiger partial charge < -0.3 is 5.32 Å². The Morgan fingerprint density at radius 2 is 2.30 bits per heavy atom. The molecule has 0 bridgehead atoms. The van der Waals surface area contributed by atoms with Gasteiger partial charge in [0.05, 0.1) is 5.69 Å². The summed E-state index contributed by atoms with van der Waals surface area (Å²) in [5, 5.41) is 3.49. The van der Waals surface area contributed by atoms with E-state index in [4.69, 9.17) is 0 Å². The molecule has 0 radical (unpaired) electrons. The Kier molecular flexibility index (Phi) is 4.88. The Hall–Kier alpha value is -1.99. The average Bonchev–Trinajstić information content (AvgIpc) is 3.04. The fourth-order valence-corrected chi connectivity index (χ4v) is 3.87. The van der Waals surface area contributed by atoms with Crippen LogP contribution in [0, 0.1) is 0 Å². The topological polar surface area (TPSA) is 64.0 Å². The van der Waals surface area contributed by atoms with Gasteiger partial charge in [0.2, 0.25) is 0 Å². The van der Waals surface area contributed by atoms with Crippen molar-refractivity contribution in [1.29, 1.82) is 0 Å². The van der Waals surface area contributed by atoms with Crippen molar-refractivity contribution >= 4 is 35.1 Å². The summed E-state index contributed by atoms with van der Waals surface area (Å²) in [6.45, 7) is 4.29. The Morgan fingerprint density at radius 3 is 3.13 bits per heavy atom. The maximum Gasteiger partial charge on any atom is 0.267 e. The molecule has 2 aromatic rings. The quantitative estimate of drug-likeness (QED) is 0.513. The van der Waals surface area contributed by atoms with Gasteiger partial charge in [-0.1, -0.05) is 30.0 Å². The number of amides is 1. The number of carbonyl (C=O) groups is 1. The van der Waals surface area contributed by atoms with Gasteiger partial charge in [-0.2, -0.15) is 0 Å². The molecule has 0 aliphatic carbocycles. The van der Waals surface area contributed by atoms with Gasteiger partial charge in [-0.25, -0.2) is 4.98 Å². The summed E-state index contributed by atoms with van der Waals surface area (Å²) in [5.74, 6) is 1.13. The second-order valence-corrected chi connectivity index (χ2v) is 6.93. The van der Waals surface area contributed by atoms with Crippen molar-refractivity contribution < 1.29 is 4.79 Å². The summed E-state index contributed by atoms with van der Waals surface area (Å²) < 4.78 is 1.55. The maximum absolute atomic E-state index is 12.5. The van der Waals surface area contributed by atoms with Crippen LogP contribution in [0.1, 0.15) is 10.4 Å². The summed E-state index contributed by atoms with van der Waals surface area (Å²) in [6, 6.07) is 7.49. The first kappa shape index (κ1) is 15.9. The van der Waals surface area contributed by atoms with E-state index in [1.807, 2.05) is 24.3 Å². The highest BCUT2D eigenvalue weighted by atomic mass is 32.2. The van der Waals surface area contributed by atoms with E-state index in [1.54, 1.807) is 22.4 Å². The first-order chi connectivity index (χ1) is 11.2. The Morgan fingerprint density at radius 1 is 1.48 bits per heavy atom. The molecule has 1 amide bonds. The summed E-state index contributed by atoms with van der Waals surface area (Å²) in [6.07, 6.45) is 3.17. The molecule has 5 nitrogen and oxygen atoms in total. The Bertz CT molecular complexity index is 817. The highest BCUT2D eigenvalue weighted by Crippen LogP contribution is 2.27. The minimum Gasteiger partial charge on any atom is -0.321 e. The van der Waals surface area contributed by atoms with Gasteiger partial charge in [0.25, 0.3) is 11.5 Å². The number of para-hydroxylation sites is 1. The number of aromatic nitrogens is 2. The second-order valence-electron chi connectivity index (χ2n) is 4.81. The van der Waals surface area contributed by atoms with Crippen molar-refractivity contribution in [3.63, 3.8) is 0 Å². The molecule has 3 rings (SSSR count). The Labute approximate surface area is 142 Å². The highest BCUT2D eigenvalue weighted by molar-refractivity contribution is 7.99. The van der Waals surface area contributed by atoms with Gasteiger partial charge in [0.15, 0.2) is 5.16 Å². The van der Waals surface area contributed by atoms with Crippen molar-refractivity contribution in [2.75, 3.05) is 16.8 Å². The molecule has 1 aromatic heterocycles. The molecule has 2 heterocycles. The molecule has 0 fully saturated rings. The molecule has 0 atom stereocenters. The number of thioether (sulfide) groups is 2.